The molecule has 0 saturated heterocycles. The van der Waals surface area contributed by atoms with Crippen molar-refractivity contribution < 1.29 is 9.90 Å². The Labute approximate surface area is 176 Å². The number of rotatable bonds is 2. The first-order valence-electron chi connectivity index (χ1n) is 10.3. The van der Waals surface area contributed by atoms with Gasteiger partial charge in [-0.25, -0.2) is 0 Å². The number of phenols is 1. The maximum absolute atomic E-state index is 13.5. The number of aromatic hydroxyl groups is 1. The zero-order chi connectivity index (χ0) is 20.7. The maximum atomic E-state index is 13.5. The van der Waals surface area contributed by atoms with Crippen molar-refractivity contribution in [2.45, 2.75) is 31.7 Å². The minimum absolute atomic E-state index is 0.142. The Morgan fingerprint density at radius 2 is 1.63 bits per heavy atom. The Bertz CT molecular complexity index is 1150. The maximum Gasteiger partial charge on any atom is 0.163 e. The number of allylic oxidation sites excluding steroid dienone is 1. The fourth-order valence-corrected chi connectivity index (χ4v) is 4.52. The lowest BCUT2D eigenvalue weighted by Crippen LogP contribution is -2.26. The molecule has 0 bridgehead atoms. The highest BCUT2D eigenvalue weighted by Crippen LogP contribution is 2.44. The van der Waals surface area contributed by atoms with Crippen LogP contribution in [0.15, 0.2) is 84.1 Å². The molecule has 4 nitrogen and oxygen atoms in total. The minimum Gasteiger partial charge on any atom is -0.508 e. The van der Waals surface area contributed by atoms with Crippen LogP contribution in [0.3, 0.4) is 0 Å². The normalized spacial score (nSPS) is 20.5. The molecule has 1 aliphatic heterocycles. The van der Waals surface area contributed by atoms with Gasteiger partial charge in [0.2, 0.25) is 0 Å². The van der Waals surface area contributed by atoms with Crippen molar-refractivity contribution in [3.63, 3.8) is 0 Å². The third kappa shape index (κ3) is 3.35. The van der Waals surface area contributed by atoms with Gasteiger partial charge < -0.3 is 15.7 Å². The van der Waals surface area contributed by atoms with Gasteiger partial charge in [-0.1, -0.05) is 54.1 Å². The van der Waals surface area contributed by atoms with E-state index in [1.54, 1.807) is 12.1 Å². The van der Waals surface area contributed by atoms with Crippen molar-refractivity contribution in [3.8, 4) is 5.75 Å². The highest BCUT2D eigenvalue weighted by atomic mass is 16.3. The van der Waals surface area contributed by atoms with E-state index in [2.05, 4.69) is 41.8 Å². The number of carbonyl (C=O) groups excluding carboxylic acids is 1. The summed E-state index contributed by atoms with van der Waals surface area (Å²) < 4.78 is 0. The number of benzene rings is 3. The number of hydrogen-bond acceptors (Lipinski definition) is 4. The number of anilines is 2. The van der Waals surface area contributed by atoms with Crippen molar-refractivity contribution in [2.24, 2.45) is 0 Å². The molecule has 3 aromatic rings. The van der Waals surface area contributed by atoms with Crippen molar-refractivity contribution in [1.82, 2.24) is 0 Å². The fraction of sp³-hybridized carbons (Fsp3) is 0.192. The van der Waals surface area contributed by atoms with Crippen molar-refractivity contribution in [3.05, 3.63) is 101 Å². The molecule has 0 aromatic heterocycles. The highest BCUT2D eigenvalue weighted by Gasteiger charge is 2.36. The van der Waals surface area contributed by atoms with Gasteiger partial charge in [0.25, 0.3) is 0 Å². The van der Waals surface area contributed by atoms with Gasteiger partial charge in [-0.3, -0.25) is 4.79 Å². The molecule has 1 heterocycles. The minimum atomic E-state index is -0.310. The highest BCUT2D eigenvalue weighted by molar-refractivity contribution is 6.01. The molecule has 0 fully saturated rings. The molecule has 5 rings (SSSR count). The number of fused-ring (bicyclic) bond motifs is 1. The van der Waals surface area contributed by atoms with E-state index in [0.717, 1.165) is 34.6 Å². The predicted octanol–water partition coefficient (Wildman–Crippen LogP) is 5.68. The molecule has 3 N–H and O–H groups in total. The van der Waals surface area contributed by atoms with E-state index in [1.807, 2.05) is 36.4 Å². The molecule has 0 spiro atoms. The van der Waals surface area contributed by atoms with E-state index in [0.29, 0.717) is 6.42 Å². The van der Waals surface area contributed by atoms with E-state index < -0.39 is 0 Å². The number of aryl methyl sites for hydroxylation is 1. The standard InChI is InChI=1S/C26H24N2O2/c1-16-9-11-17(12-10-16)19-14-23-25(24(30)15-19)26(18-5-4-6-20(29)13-18)28-22-8-3-2-7-21(22)27-23/h2-13,19,26-29H,14-15H2,1H3/t19-,26+/m0/s1. The molecule has 0 radical (unpaired) electrons. The molecule has 0 amide bonds. The topological polar surface area (TPSA) is 61.4 Å². The van der Waals surface area contributed by atoms with Crippen LogP contribution in [0.25, 0.3) is 0 Å². The van der Waals surface area contributed by atoms with Crippen LogP contribution in [0, 0.1) is 6.92 Å². The van der Waals surface area contributed by atoms with Crippen LogP contribution >= 0.6 is 0 Å². The summed E-state index contributed by atoms with van der Waals surface area (Å²) in [6.07, 6.45) is 1.26. The average Bonchev–Trinajstić information content (AvgIpc) is 2.91. The van der Waals surface area contributed by atoms with E-state index >= 15 is 0 Å². The molecule has 4 heteroatoms. The smallest absolute Gasteiger partial charge is 0.163 e. The Kier molecular flexibility index (Phi) is 4.55. The van der Waals surface area contributed by atoms with Gasteiger partial charge >= 0.3 is 0 Å². The molecular weight excluding hydrogens is 372 g/mol. The summed E-state index contributed by atoms with van der Waals surface area (Å²) in [5.41, 5.74) is 6.92. The largest absolute Gasteiger partial charge is 0.508 e. The van der Waals surface area contributed by atoms with Crippen LogP contribution in [-0.2, 0) is 4.79 Å². The number of carbonyl (C=O) groups is 1. The Morgan fingerprint density at radius 1 is 0.867 bits per heavy atom. The van der Waals surface area contributed by atoms with Gasteiger partial charge in [-0.05, 0) is 54.7 Å². The molecule has 1 aliphatic carbocycles. The predicted molar refractivity (Wildman–Crippen MR) is 120 cm³/mol. The number of nitrogens with one attached hydrogen (secondary N) is 2. The van der Waals surface area contributed by atoms with E-state index in [1.165, 1.54) is 11.1 Å². The van der Waals surface area contributed by atoms with Crippen LogP contribution in [0.1, 0.15) is 41.5 Å². The quantitative estimate of drug-likeness (QED) is 0.521. The lowest BCUT2D eigenvalue weighted by molar-refractivity contribution is -0.116. The van der Waals surface area contributed by atoms with Crippen LogP contribution < -0.4 is 10.6 Å². The summed E-state index contributed by atoms with van der Waals surface area (Å²) in [5.74, 6) is 0.491. The fourth-order valence-electron chi connectivity index (χ4n) is 4.52. The average molecular weight is 396 g/mol. The molecule has 0 saturated carbocycles. The van der Waals surface area contributed by atoms with Crippen LogP contribution in [-0.4, -0.2) is 10.9 Å². The number of hydrogen-bond donors (Lipinski definition) is 3. The van der Waals surface area contributed by atoms with Crippen molar-refractivity contribution in [2.75, 3.05) is 10.6 Å². The van der Waals surface area contributed by atoms with Gasteiger partial charge in [0.15, 0.2) is 5.78 Å². The lowest BCUT2D eigenvalue weighted by Gasteiger charge is -2.30. The molecule has 2 atom stereocenters. The number of Topliss-reactive ketones (excluding diaryl/α,β-unsaturated/α-hetero) is 1. The summed E-state index contributed by atoms with van der Waals surface area (Å²) in [4.78, 5) is 13.5. The van der Waals surface area contributed by atoms with E-state index in [-0.39, 0.29) is 23.5 Å². The second-order valence-electron chi connectivity index (χ2n) is 8.17. The first kappa shape index (κ1) is 18.5. The summed E-state index contributed by atoms with van der Waals surface area (Å²) in [6.45, 7) is 2.08. The molecular formula is C26H24N2O2. The zero-order valence-electron chi connectivity index (χ0n) is 16.9. The SMILES string of the molecule is Cc1ccc([C@@H]2CC(=O)C3=C(C2)Nc2ccccc2N[C@@H]3c2cccc(O)c2)cc1. The molecule has 2 aliphatic rings. The summed E-state index contributed by atoms with van der Waals surface area (Å²) in [6, 6.07) is 23.3. The van der Waals surface area contributed by atoms with Crippen LogP contribution in [0.4, 0.5) is 11.4 Å². The number of phenolic OH excluding ortho intramolecular Hbond substituents is 1. The molecule has 30 heavy (non-hydrogen) atoms. The number of para-hydroxylation sites is 2. The molecule has 3 aromatic carbocycles. The van der Waals surface area contributed by atoms with Gasteiger partial charge in [0, 0.05) is 17.7 Å². The van der Waals surface area contributed by atoms with E-state index in [9.17, 15) is 9.90 Å². The Morgan fingerprint density at radius 3 is 2.40 bits per heavy atom. The Balaban J connectivity index is 1.61. The summed E-state index contributed by atoms with van der Waals surface area (Å²) in [5, 5.41) is 17.1. The van der Waals surface area contributed by atoms with Gasteiger partial charge in [0.05, 0.1) is 17.4 Å². The molecule has 0 unspecified atom stereocenters. The van der Waals surface area contributed by atoms with Gasteiger partial charge in [0.1, 0.15) is 5.75 Å². The second kappa shape index (κ2) is 7.38. The van der Waals surface area contributed by atoms with Gasteiger partial charge in [-0.2, -0.15) is 0 Å². The second-order valence-corrected chi connectivity index (χ2v) is 8.17. The van der Waals surface area contributed by atoms with Crippen LogP contribution in [0.5, 0.6) is 5.75 Å². The van der Waals surface area contributed by atoms with Crippen molar-refractivity contribution in [1.29, 1.82) is 0 Å². The van der Waals surface area contributed by atoms with Crippen LogP contribution in [0.2, 0.25) is 0 Å². The Hall–Kier alpha value is -3.53. The zero-order valence-corrected chi connectivity index (χ0v) is 16.9. The molecule has 150 valence electrons. The summed E-state index contributed by atoms with van der Waals surface area (Å²) >= 11 is 0. The number of ketones is 1. The third-order valence-electron chi connectivity index (χ3n) is 6.06. The lowest BCUT2D eigenvalue weighted by atomic mass is 9.78. The van der Waals surface area contributed by atoms with E-state index in [4.69, 9.17) is 0 Å². The van der Waals surface area contributed by atoms with Crippen molar-refractivity contribution >= 4 is 17.2 Å². The monoisotopic (exact) mass is 396 g/mol. The van der Waals surface area contributed by atoms with Gasteiger partial charge in [-0.15, -0.1) is 0 Å². The first-order chi connectivity index (χ1) is 14.6. The summed E-state index contributed by atoms with van der Waals surface area (Å²) in [7, 11) is 0. The first-order valence-corrected chi connectivity index (χ1v) is 10.3. The third-order valence-corrected chi connectivity index (χ3v) is 6.06.